The Morgan fingerprint density at radius 1 is 1.33 bits per heavy atom. The van der Waals surface area contributed by atoms with Crippen molar-refractivity contribution in [3.8, 4) is 0 Å². The average Bonchev–Trinajstić information content (AvgIpc) is 3.12. The van der Waals surface area contributed by atoms with Crippen molar-refractivity contribution in [1.82, 2.24) is 4.72 Å². The van der Waals surface area contributed by atoms with E-state index in [-0.39, 0.29) is 24.0 Å². The van der Waals surface area contributed by atoms with Gasteiger partial charge < -0.3 is 5.11 Å². The van der Waals surface area contributed by atoms with Gasteiger partial charge in [-0.2, -0.15) is 17.9 Å². The quantitative estimate of drug-likeness (QED) is 0.831. The number of hydrogen-bond acceptors (Lipinski definition) is 3. The number of alkyl halides is 3. The van der Waals surface area contributed by atoms with Crippen LogP contribution in [0.4, 0.5) is 17.6 Å². The standard InChI is InChI=1S/C12H13F4NO3S/c1-7-4-9(5-8(6-18)10(7)13)21(19,20)17-11(2-3-11)12(14,15)16/h4-5,17-18H,2-3,6H2,1H3. The Hall–Kier alpha value is -1.19. The van der Waals surface area contributed by atoms with E-state index in [1.54, 1.807) is 4.72 Å². The van der Waals surface area contributed by atoms with Crippen LogP contribution < -0.4 is 4.72 Å². The summed E-state index contributed by atoms with van der Waals surface area (Å²) in [5.41, 5.74) is -2.79. The van der Waals surface area contributed by atoms with Crippen LogP contribution in [-0.2, 0) is 16.6 Å². The first-order valence-electron chi connectivity index (χ1n) is 6.03. The minimum Gasteiger partial charge on any atom is -0.392 e. The second kappa shape index (κ2) is 4.92. The Bertz CT molecular complexity index is 666. The summed E-state index contributed by atoms with van der Waals surface area (Å²) in [6.07, 6.45) is -5.35. The zero-order valence-electron chi connectivity index (χ0n) is 11.0. The summed E-state index contributed by atoms with van der Waals surface area (Å²) in [6, 6.07) is 1.76. The lowest BCUT2D eigenvalue weighted by molar-refractivity contribution is -0.160. The molecule has 2 rings (SSSR count). The number of nitrogens with one attached hydrogen (secondary N) is 1. The third kappa shape index (κ3) is 2.90. The molecule has 1 fully saturated rings. The van der Waals surface area contributed by atoms with Gasteiger partial charge in [-0.1, -0.05) is 0 Å². The molecule has 118 valence electrons. The molecule has 0 spiro atoms. The van der Waals surface area contributed by atoms with Crippen LogP contribution in [0.1, 0.15) is 24.0 Å². The molecule has 1 aliphatic carbocycles. The number of rotatable bonds is 4. The maximum absolute atomic E-state index is 13.6. The van der Waals surface area contributed by atoms with Crippen molar-refractivity contribution in [2.24, 2.45) is 0 Å². The predicted octanol–water partition coefficient (Wildman–Crippen LogP) is 2.00. The van der Waals surface area contributed by atoms with Crippen molar-refractivity contribution in [1.29, 1.82) is 0 Å². The first-order chi connectivity index (χ1) is 9.52. The number of aliphatic hydroxyl groups is 1. The minimum absolute atomic E-state index is 0.0706. The van der Waals surface area contributed by atoms with Gasteiger partial charge >= 0.3 is 6.18 Å². The molecule has 1 aromatic rings. The van der Waals surface area contributed by atoms with Crippen molar-refractivity contribution in [2.45, 2.75) is 43.0 Å². The lowest BCUT2D eigenvalue weighted by atomic mass is 10.1. The summed E-state index contributed by atoms with van der Waals surface area (Å²) in [7, 11) is -4.46. The van der Waals surface area contributed by atoms with Crippen molar-refractivity contribution in [2.75, 3.05) is 0 Å². The van der Waals surface area contributed by atoms with Crippen LogP contribution in [0.25, 0.3) is 0 Å². The van der Waals surface area contributed by atoms with Crippen LogP contribution in [0, 0.1) is 12.7 Å². The van der Waals surface area contributed by atoms with E-state index in [0.717, 1.165) is 12.1 Å². The molecule has 0 heterocycles. The molecule has 0 unspecified atom stereocenters. The summed E-state index contributed by atoms with van der Waals surface area (Å²) < 4.78 is 77.7. The molecule has 4 nitrogen and oxygen atoms in total. The van der Waals surface area contributed by atoms with E-state index in [2.05, 4.69) is 0 Å². The number of halogens is 4. The molecule has 1 aromatic carbocycles. The molecule has 0 aromatic heterocycles. The van der Waals surface area contributed by atoms with E-state index in [4.69, 9.17) is 5.11 Å². The molecule has 0 aliphatic heterocycles. The highest BCUT2D eigenvalue weighted by molar-refractivity contribution is 7.89. The smallest absolute Gasteiger partial charge is 0.392 e. The molecule has 0 bridgehead atoms. The average molecular weight is 327 g/mol. The molecular weight excluding hydrogens is 314 g/mol. The van der Waals surface area contributed by atoms with Gasteiger partial charge in [-0.3, -0.25) is 0 Å². The molecule has 21 heavy (non-hydrogen) atoms. The molecular formula is C12H13F4NO3S. The largest absolute Gasteiger partial charge is 0.407 e. The number of benzene rings is 1. The summed E-state index contributed by atoms with van der Waals surface area (Å²) in [5.74, 6) is -0.784. The fourth-order valence-electron chi connectivity index (χ4n) is 1.96. The molecule has 9 heteroatoms. The van der Waals surface area contributed by atoms with Gasteiger partial charge in [0.1, 0.15) is 11.4 Å². The van der Waals surface area contributed by atoms with Gasteiger partial charge in [0.2, 0.25) is 10.0 Å². The van der Waals surface area contributed by atoms with Gasteiger partial charge in [0.25, 0.3) is 0 Å². The lowest BCUT2D eigenvalue weighted by Gasteiger charge is -2.21. The second-order valence-electron chi connectivity index (χ2n) is 5.06. The Morgan fingerprint density at radius 3 is 2.33 bits per heavy atom. The first kappa shape index (κ1) is 16.2. The Labute approximate surface area is 118 Å². The highest BCUT2D eigenvalue weighted by Gasteiger charge is 2.65. The second-order valence-corrected chi connectivity index (χ2v) is 6.74. The first-order valence-corrected chi connectivity index (χ1v) is 7.51. The van der Waals surface area contributed by atoms with Crippen LogP contribution in [0.2, 0.25) is 0 Å². The maximum Gasteiger partial charge on any atom is 0.407 e. The van der Waals surface area contributed by atoms with Gasteiger partial charge in [-0.05, 0) is 37.5 Å². The molecule has 0 saturated heterocycles. The molecule has 0 atom stereocenters. The number of sulfonamides is 1. The Balaban J connectivity index is 2.40. The Morgan fingerprint density at radius 2 is 1.90 bits per heavy atom. The zero-order chi connectivity index (χ0) is 16.1. The minimum atomic E-state index is -4.69. The maximum atomic E-state index is 13.6. The van der Waals surface area contributed by atoms with Crippen LogP contribution in [-0.4, -0.2) is 25.2 Å². The molecule has 2 N–H and O–H groups in total. The third-order valence-electron chi connectivity index (χ3n) is 3.41. The third-order valence-corrected chi connectivity index (χ3v) is 4.92. The number of aryl methyl sites for hydroxylation is 1. The molecule has 0 amide bonds. The van der Waals surface area contributed by atoms with Crippen molar-refractivity contribution in [3.63, 3.8) is 0 Å². The SMILES string of the molecule is Cc1cc(S(=O)(=O)NC2(C(F)(F)F)CC2)cc(CO)c1F. The lowest BCUT2D eigenvalue weighted by Crippen LogP contribution is -2.47. The highest BCUT2D eigenvalue weighted by Crippen LogP contribution is 2.49. The van der Waals surface area contributed by atoms with E-state index in [1.807, 2.05) is 0 Å². The van der Waals surface area contributed by atoms with Gasteiger partial charge in [0, 0.05) is 5.56 Å². The fourth-order valence-corrected chi connectivity index (χ4v) is 3.54. The van der Waals surface area contributed by atoms with E-state index < -0.39 is 39.1 Å². The van der Waals surface area contributed by atoms with Gasteiger partial charge in [0.05, 0.1) is 11.5 Å². The van der Waals surface area contributed by atoms with Gasteiger partial charge in [-0.25, -0.2) is 12.8 Å². The van der Waals surface area contributed by atoms with E-state index in [1.165, 1.54) is 6.92 Å². The number of aliphatic hydroxyl groups excluding tert-OH is 1. The summed E-state index contributed by atoms with van der Waals surface area (Å²) in [5, 5.41) is 8.97. The van der Waals surface area contributed by atoms with E-state index in [9.17, 15) is 26.0 Å². The molecule has 1 saturated carbocycles. The normalized spacial score (nSPS) is 17.8. The monoisotopic (exact) mass is 327 g/mol. The summed E-state index contributed by atoms with van der Waals surface area (Å²) >= 11 is 0. The van der Waals surface area contributed by atoms with Crippen LogP contribution in [0.3, 0.4) is 0 Å². The summed E-state index contributed by atoms with van der Waals surface area (Å²) in [4.78, 5) is -0.499. The van der Waals surface area contributed by atoms with Crippen LogP contribution in [0.5, 0.6) is 0 Å². The Kier molecular flexibility index (Phi) is 3.79. The van der Waals surface area contributed by atoms with E-state index in [0.29, 0.717) is 0 Å². The highest BCUT2D eigenvalue weighted by atomic mass is 32.2. The van der Waals surface area contributed by atoms with E-state index >= 15 is 0 Å². The van der Waals surface area contributed by atoms with Crippen LogP contribution >= 0.6 is 0 Å². The predicted molar refractivity (Wildman–Crippen MR) is 65.4 cm³/mol. The number of hydrogen-bond donors (Lipinski definition) is 2. The van der Waals surface area contributed by atoms with Crippen molar-refractivity contribution in [3.05, 3.63) is 29.1 Å². The van der Waals surface area contributed by atoms with Crippen molar-refractivity contribution < 1.29 is 31.1 Å². The zero-order valence-corrected chi connectivity index (χ0v) is 11.8. The molecule has 0 radical (unpaired) electrons. The fraction of sp³-hybridized carbons (Fsp3) is 0.500. The van der Waals surface area contributed by atoms with Crippen molar-refractivity contribution >= 4 is 10.0 Å². The summed E-state index contributed by atoms with van der Waals surface area (Å²) in [6.45, 7) is 0.518. The van der Waals surface area contributed by atoms with Gasteiger partial charge in [-0.15, -0.1) is 0 Å². The topological polar surface area (TPSA) is 66.4 Å². The van der Waals surface area contributed by atoms with Crippen LogP contribution in [0.15, 0.2) is 17.0 Å². The van der Waals surface area contributed by atoms with Gasteiger partial charge in [0.15, 0.2) is 0 Å². The molecule has 1 aliphatic rings.